The summed E-state index contributed by atoms with van der Waals surface area (Å²) >= 11 is 6.70. The van der Waals surface area contributed by atoms with Gasteiger partial charge in [0.05, 0.1) is 28.4 Å². The molecule has 4 rings (SSSR count). The van der Waals surface area contributed by atoms with Crippen LogP contribution >= 0.6 is 11.6 Å². The van der Waals surface area contributed by atoms with E-state index in [0.29, 0.717) is 0 Å². The number of carbonyl (C=O) groups excluding carboxylic acids is 4. The van der Waals surface area contributed by atoms with Crippen molar-refractivity contribution in [3.8, 4) is 0 Å². The lowest BCUT2D eigenvalue weighted by Gasteiger charge is -2.55. The molecule has 0 radical (unpaired) electrons. The summed E-state index contributed by atoms with van der Waals surface area (Å²) in [4.78, 5) is 49.9. The second kappa shape index (κ2) is 9.10. The summed E-state index contributed by atoms with van der Waals surface area (Å²) in [6.07, 6.45) is -1.74. The highest BCUT2D eigenvalue weighted by Crippen LogP contribution is 2.64. The smallest absolute Gasteiger partial charge is 0.312 e. The summed E-state index contributed by atoms with van der Waals surface area (Å²) in [7, 11) is 0. The van der Waals surface area contributed by atoms with E-state index in [1.54, 1.807) is 19.9 Å². The first-order valence-corrected chi connectivity index (χ1v) is 12.7. The fraction of sp³-hybridized carbons (Fsp3) is 0.692. The molecule has 4 aliphatic rings. The van der Waals surface area contributed by atoms with Crippen molar-refractivity contribution in [2.45, 2.75) is 95.1 Å². The van der Waals surface area contributed by atoms with E-state index in [9.17, 15) is 24.3 Å². The van der Waals surface area contributed by atoms with Crippen LogP contribution in [0.5, 0.6) is 0 Å². The van der Waals surface area contributed by atoms with Crippen LogP contribution in [0.4, 0.5) is 0 Å². The van der Waals surface area contributed by atoms with Crippen LogP contribution in [0.1, 0.15) is 48.0 Å². The highest BCUT2D eigenvalue weighted by Gasteiger charge is 2.78. The normalized spacial score (nSPS) is 47.4. The minimum atomic E-state index is -2.13. The van der Waals surface area contributed by atoms with Gasteiger partial charge >= 0.3 is 23.9 Å². The Kier molecular flexibility index (Phi) is 6.79. The molecule has 2 heterocycles. The summed E-state index contributed by atoms with van der Waals surface area (Å²) in [5.41, 5.74) is -4.17. The van der Waals surface area contributed by atoms with Gasteiger partial charge in [-0.3, -0.25) is 19.2 Å². The molecule has 0 unspecified atom stereocenters. The fourth-order valence-corrected chi connectivity index (χ4v) is 6.90. The Morgan fingerprint density at radius 2 is 1.70 bits per heavy atom. The van der Waals surface area contributed by atoms with Gasteiger partial charge in [0.25, 0.3) is 0 Å². The molecular weight excluding hydrogens is 508 g/mol. The lowest BCUT2D eigenvalue weighted by molar-refractivity contribution is -0.231. The zero-order chi connectivity index (χ0) is 27.7. The molecule has 37 heavy (non-hydrogen) atoms. The number of allylic oxidation sites excluding steroid dienone is 1. The van der Waals surface area contributed by atoms with E-state index in [2.05, 4.69) is 6.58 Å². The summed E-state index contributed by atoms with van der Waals surface area (Å²) in [6, 6.07) is 0. The van der Waals surface area contributed by atoms with Gasteiger partial charge in [0.2, 0.25) is 0 Å². The second-order valence-corrected chi connectivity index (χ2v) is 11.3. The number of rotatable bonds is 3. The Balaban J connectivity index is 2.04. The predicted molar refractivity (Wildman–Crippen MR) is 128 cm³/mol. The van der Waals surface area contributed by atoms with Gasteiger partial charge in [-0.05, 0) is 25.5 Å². The molecular formula is C26H33ClO10. The first kappa shape index (κ1) is 27.6. The van der Waals surface area contributed by atoms with Gasteiger partial charge in [0.15, 0.2) is 11.7 Å². The van der Waals surface area contributed by atoms with Crippen LogP contribution in [-0.4, -0.2) is 76.1 Å². The van der Waals surface area contributed by atoms with Gasteiger partial charge in [-0.25, -0.2) is 0 Å². The summed E-state index contributed by atoms with van der Waals surface area (Å²) in [6.45, 7) is 12.6. The SMILES string of the molecule is C=C1/C=C/[C@H](OC(C)=O)[C@@]2(C)[C@@H](OC(C)=O)C[C@H]3O[C@@]3(C)[C@@H]2[C@H](OC(C)=O)[C@]2(O)[C@@H](C)C(=O)O[C@H]2[C@H]1Cl. The van der Waals surface area contributed by atoms with Crippen molar-refractivity contribution in [3.05, 3.63) is 24.3 Å². The molecule has 3 fully saturated rings. The largest absolute Gasteiger partial charge is 0.462 e. The molecule has 2 aliphatic carbocycles. The molecule has 0 bridgehead atoms. The van der Waals surface area contributed by atoms with Crippen molar-refractivity contribution < 1.29 is 48.0 Å². The number of fused-ring (bicyclic) bond motifs is 4. The number of epoxide rings is 1. The summed E-state index contributed by atoms with van der Waals surface area (Å²) < 4.78 is 29.1. The molecule has 0 aromatic heterocycles. The minimum absolute atomic E-state index is 0.263. The van der Waals surface area contributed by atoms with Crippen LogP contribution in [0, 0.1) is 17.3 Å². The van der Waals surface area contributed by atoms with Gasteiger partial charge in [-0.15, -0.1) is 11.6 Å². The number of halogens is 1. The van der Waals surface area contributed by atoms with E-state index in [0.717, 1.165) is 0 Å². The highest BCUT2D eigenvalue weighted by molar-refractivity contribution is 6.23. The molecule has 10 nitrogen and oxygen atoms in total. The van der Waals surface area contributed by atoms with E-state index >= 15 is 0 Å². The first-order chi connectivity index (χ1) is 17.1. The monoisotopic (exact) mass is 540 g/mol. The lowest BCUT2D eigenvalue weighted by atomic mass is 9.53. The van der Waals surface area contributed by atoms with Crippen LogP contribution in [0.2, 0.25) is 0 Å². The van der Waals surface area contributed by atoms with Crippen molar-refractivity contribution >= 4 is 35.5 Å². The molecule has 0 aromatic carbocycles. The number of esters is 4. The molecule has 11 atom stereocenters. The number of carbonyl (C=O) groups is 4. The zero-order valence-electron chi connectivity index (χ0n) is 21.7. The Morgan fingerprint density at radius 3 is 2.27 bits per heavy atom. The van der Waals surface area contributed by atoms with Crippen LogP contribution in [0.25, 0.3) is 0 Å². The van der Waals surface area contributed by atoms with E-state index in [4.69, 9.17) is 35.3 Å². The van der Waals surface area contributed by atoms with Crippen molar-refractivity contribution in [1.82, 2.24) is 0 Å². The summed E-state index contributed by atoms with van der Waals surface area (Å²) in [5.74, 6) is -4.75. The molecule has 204 valence electrons. The number of hydrogen-bond acceptors (Lipinski definition) is 10. The minimum Gasteiger partial charge on any atom is -0.462 e. The Hall–Kier alpha value is -2.43. The van der Waals surface area contributed by atoms with Gasteiger partial charge in [0, 0.05) is 33.1 Å². The third-order valence-corrected chi connectivity index (χ3v) is 9.01. The molecule has 0 spiro atoms. The van der Waals surface area contributed by atoms with Gasteiger partial charge in [-0.1, -0.05) is 19.6 Å². The standard InChI is InChI=1S/C26H33ClO10/c1-11-8-9-16(33-13(3)28)24(6)17(34-14(4)29)10-18-25(7,37-18)20(24)22(35-15(5)30)26(32)12(2)23(31)36-21(26)19(11)27/h8-9,12,16-22,32H,1,10H2,2-7H3/b9-8+/t12-,16-,17-,18+,19-,20+,21-,22-,24-,25+,26-/m0/s1. The highest BCUT2D eigenvalue weighted by atomic mass is 35.5. The maximum absolute atomic E-state index is 12.9. The van der Waals surface area contributed by atoms with Crippen molar-refractivity contribution in [3.63, 3.8) is 0 Å². The number of alkyl halides is 1. The van der Waals surface area contributed by atoms with Crippen molar-refractivity contribution in [2.75, 3.05) is 0 Å². The molecule has 1 N–H and O–H groups in total. The average molecular weight is 541 g/mol. The fourth-order valence-electron chi connectivity index (χ4n) is 6.57. The van der Waals surface area contributed by atoms with Crippen LogP contribution in [-0.2, 0) is 42.9 Å². The van der Waals surface area contributed by atoms with Crippen LogP contribution < -0.4 is 0 Å². The van der Waals surface area contributed by atoms with Crippen molar-refractivity contribution in [2.24, 2.45) is 17.3 Å². The van der Waals surface area contributed by atoms with E-state index in [1.165, 1.54) is 33.8 Å². The maximum atomic E-state index is 12.9. The van der Waals surface area contributed by atoms with Crippen LogP contribution in [0.15, 0.2) is 24.3 Å². The number of hydrogen-bond donors (Lipinski definition) is 1. The first-order valence-electron chi connectivity index (χ1n) is 12.2. The van der Waals surface area contributed by atoms with Crippen molar-refractivity contribution in [1.29, 1.82) is 0 Å². The molecule has 0 aromatic rings. The predicted octanol–water partition coefficient (Wildman–Crippen LogP) is 1.99. The van der Waals surface area contributed by atoms with Gasteiger partial charge in [-0.2, -0.15) is 0 Å². The Labute approximate surface area is 220 Å². The molecule has 2 saturated heterocycles. The third kappa shape index (κ3) is 4.17. The van der Waals surface area contributed by atoms with E-state index in [-0.39, 0.29) is 12.0 Å². The zero-order valence-corrected chi connectivity index (χ0v) is 22.4. The molecule has 0 amide bonds. The third-order valence-electron chi connectivity index (χ3n) is 8.50. The molecule has 1 saturated carbocycles. The molecule has 11 heteroatoms. The molecule has 2 aliphatic heterocycles. The van der Waals surface area contributed by atoms with Gasteiger partial charge in [0.1, 0.15) is 18.3 Å². The van der Waals surface area contributed by atoms with Gasteiger partial charge < -0.3 is 28.8 Å². The quantitative estimate of drug-likeness (QED) is 0.245. The topological polar surface area (TPSA) is 138 Å². The number of ether oxygens (including phenoxy) is 5. The lowest BCUT2D eigenvalue weighted by Crippen LogP contribution is -2.69. The van der Waals surface area contributed by atoms with Crippen LogP contribution in [0.3, 0.4) is 0 Å². The average Bonchev–Trinajstić information content (AvgIpc) is 3.39. The summed E-state index contributed by atoms with van der Waals surface area (Å²) in [5, 5.41) is 11.3. The Bertz CT molecular complexity index is 1070. The maximum Gasteiger partial charge on any atom is 0.312 e. The number of aliphatic hydroxyl groups is 1. The Morgan fingerprint density at radius 1 is 1.11 bits per heavy atom. The van der Waals surface area contributed by atoms with E-state index in [1.807, 2.05) is 0 Å². The van der Waals surface area contributed by atoms with E-state index < -0.39 is 88.2 Å². The second-order valence-electron chi connectivity index (χ2n) is 10.8.